The molecular formula is C17H10B2Br2O5. The number of benzene rings is 2. The standard InChI is InChI=1S/C17H10B2Br2O5/c1-2-8-9(13(22)5-3-6(20)14(23)7(21)4-5)10-15(24)11(18)16(25)12(19)17(10)26-8/h3-4,23-25H,2H2,1H3. The lowest BCUT2D eigenvalue weighted by Gasteiger charge is -2.09. The zero-order valence-electron chi connectivity index (χ0n) is 13.4. The molecule has 9 heteroatoms. The molecule has 0 saturated heterocycles. The van der Waals surface area contributed by atoms with Gasteiger partial charge in [0.15, 0.2) is 5.78 Å². The second-order valence-corrected chi connectivity index (χ2v) is 7.31. The van der Waals surface area contributed by atoms with Crippen LogP contribution in [-0.2, 0) is 6.42 Å². The molecule has 0 aliphatic heterocycles. The van der Waals surface area contributed by atoms with E-state index in [1.807, 2.05) is 0 Å². The van der Waals surface area contributed by atoms with E-state index >= 15 is 0 Å². The number of hydrogen-bond acceptors (Lipinski definition) is 5. The smallest absolute Gasteiger partial charge is 0.197 e. The van der Waals surface area contributed by atoms with E-state index in [4.69, 9.17) is 20.1 Å². The SMILES string of the molecule is [B]c1c(O)c([B])c2oc(CC)c(C(=O)c3cc(Br)c(O)c(Br)c3)c2c1O. The van der Waals surface area contributed by atoms with E-state index < -0.39 is 17.3 Å². The van der Waals surface area contributed by atoms with E-state index in [0.717, 1.165) is 0 Å². The maximum Gasteiger partial charge on any atom is 0.197 e. The second kappa shape index (κ2) is 6.70. The molecule has 3 aromatic rings. The van der Waals surface area contributed by atoms with Crippen molar-refractivity contribution in [1.29, 1.82) is 0 Å². The van der Waals surface area contributed by atoms with Crippen LogP contribution in [0.15, 0.2) is 25.5 Å². The lowest BCUT2D eigenvalue weighted by atomic mass is 9.82. The number of carbonyl (C=O) groups is 1. The third-order valence-electron chi connectivity index (χ3n) is 4.06. The summed E-state index contributed by atoms with van der Waals surface area (Å²) in [5.41, 5.74) is -0.157. The molecule has 0 saturated carbocycles. The Kier molecular flexibility index (Phi) is 4.88. The van der Waals surface area contributed by atoms with Crippen molar-refractivity contribution in [2.24, 2.45) is 0 Å². The third kappa shape index (κ3) is 2.74. The van der Waals surface area contributed by atoms with Crippen molar-refractivity contribution in [2.45, 2.75) is 13.3 Å². The summed E-state index contributed by atoms with van der Waals surface area (Å²) in [6.45, 7) is 1.77. The van der Waals surface area contributed by atoms with Gasteiger partial charge in [0.2, 0.25) is 0 Å². The van der Waals surface area contributed by atoms with Gasteiger partial charge in [0, 0.05) is 12.0 Å². The van der Waals surface area contributed by atoms with Gasteiger partial charge in [0.25, 0.3) is 0 Å². The summed E-state index contributed by atoms with van der Waals surface area (Å²) in [5, 5.41) is 30.2. The van der Waals surface area contributed by atoms with Crippen molar-refractivity contribution in [2.75, 3.05) is 0 Å². The van der Waals surface area contributed by atoms with Crippen LogP contribution >= 0.6 is 31.9 Å². The number of phenols is 3. The Labute approximate surface area is 168 Å². The monoisotopic (exact) mass is 474 g/mol. The van der Waals surface area contributed by atoms with Crippen LogP contribution in [-0.4, -0.2) is 36.8 Å². The second-order valence-electron chi connectivity index (χ2n) is 5.60. The highest BCUT2D eigenvalue weighted by molar-refractivity contribution is 9.11. The summed E-state index contributed by atoms with van der Waals surface area (Å²) in [5.74, 6) is -1.19. The molecular weight excluding hydrogens is 466 g/mol. The summed E-state index contributed by atoms with van der Waals surface area (Å²) in [6, 6.07) is 2.90. The fraction of sp³-hybridized carbons (Fsp3) is 0.118. The van der Waals surface area contributed by atoms with E-state index in [2.05, 4.69) is 31.9 Å². The van der Waals surface area contributed by atoms with Crippen LogP contribution in [0.2, 0.25) is 0 Å². The number of ketones is 1. The van der Waals surface area contributed by atoms with Crippen molar-refractivity contribution in [3.8, 4) is 17.2 Å². The zero-order valence-corrected chi connectivity index (χ0v) is 16.6. The van der Waals surface area contributed by atoms with Crippen LogP contribution in [0, 0.1) is 0 Å². The molecule has 1 heterocycles. The number of aromatic hydroxyl groups is 3. The molecule has 0 fully saturated rings. The highest BCUT2D eigenvalue weighted by Crippen LogP contribution is 2.37. The Bertz CT molecular complexity index is 1050. The van der Waals surface area contributed by atoms with Gasteiger partial charge in [0.1, 0.15) is 44.3 Å². The summed E-state index contributed by atoms with van der Waals surface area (Å²) >= 11 is 6.37. The lowest BCUT2D eigenvalue weighted by molar-refractivity contribution is 0.103. The Morgan fingerprint density at radius 1 is 1.04 bits per heavy atom. The predicted octanol–water partition coefficient (Wildman–Crippen LogP) is 2.46. The minimum Gasteiger partial charge on any atom is -0.509 e. The summed E-state index contributed by atoms with van der Waals surface area (Å²) in [6.07, 6.45) is 0.343. The maximum atomic E-state index is 13.1. The topological polar surface area (TPSA) is 90.9 Å². The van der Waals surface area contributed by atoms with Crippen molar-refractivity contribution in [3.63, 3.8) is 0 Å². The average molecular weight is 476 g/mol. The van der Waals surface area contributed by atoms with Crippen LogP contribution in [0.4, 0.5) is 0 Å². The number of aryl methyl sites for hydroxylation is 1. The third-order valence-corrected chi connectivity index (χ3v) is 5.26. The Morgan fingerprint density at radius 2 is 1.62 bits per heavy atom. The van der Waals surface area contributed by atoms with Gasteiger partial charge in [-0.2, -0.15) is 0 Å². The molecule has 0 amide bonds. The van der Waals surface area contributed by atoms with E-state index in [9.17, 15) is 20.1 Å². The van der Waals surface area contributed by atoms with Gasteiger partial charge in [-0.3, -0.25) is 4.79 Å². The first-order valence-corrected chi connectivity index (χ1v) is 9.04. The first-order chi connectivity index (χ1) is 12.2. The van der Waals surface area contributed by atoms with Gasteiger partial charge in [-0.25, -0.2) is 0 Å². The van der Waals surface area contributed by atoms with Crippen molar-refractivity contribution in [3.05, 3.63) is 38.0 Å². The van der Waals surface area contributed by atoms with Gasteiger partial charge in [0.05, 0.1) is 19.9 Å². The Hall–Kier alpha value is -1.86. The van der Waals surface area contributed by atoms with Crippen LogP contribution in [0.25, 0.3) is 11.0 Å². The van der Waals surface area contributed by atoms with Crippen LogP contribution < -0.4 is 10.9 Å². The first kappa shape index (κ1) is 18.9. The summed E-state index contributed by atoms with van der Waals surface area (Å²) in [7, 11) is 11.5. The molecule has 3 rings (SSSR count). The van der Waals surface area contributed by atoms with Crippen LogP contribution in [0.1, 0.15) is 28.6 Å². The van der Waals surface area contributed by atoms with Gasteiger partial charge in [-0.05, 0) is 54.9 Å². The minimum absolute atomic E-state index is 0.00805. The number of carbonyl (C=O) groups excluding carboxylic acids is 1. The molecule has 5 nitrogen and oxygen atoms in total. The van der Waals surface area contributed by atoms with E-state index in [0.29, 0.717) is 15.4 Å². The molecule has 4 radical (unpaired) electrons. The highest BCUT2D eigenvalue weighted by atomic mass is 79.9. The summed E-state index contributed by atoms with van der Waals surface area (Å²) in [4.78, 5) is 13.1. The molecule has 0 unspecified atom stereocenters. The fourth-order valence-electron chi connectivity index (χ4n) is 2.72. The number of rotatable bonds is 3. The molecule has 0 atom stereocenters. The molecule has 26 heavy (non-hydrogen) atoms. The van der Waals surface area contributed by atoms with Gasteiger partial charge in [-0.1, -0.05) is 6.92 Å². The van der Waals surface area contributed by atoms with Crippen LogP contribution in [0.3, 0.4) is 0 Å². The number of halogens is 2. The number of furan rings is 1. The normalized spacial score (nSPS) is 11.2. The summed E-state index contributed by atoms with van der Waals surface area (Å²) < 4.78 is 6.27. The molecule has 128 valence electrons. The molecule has 0 spiro atoms. The maximum absolute atomic E-state index is 13.1. The molecule has 2 aromatic carbocycles. The Balaban J connectivity index is 2.36. The van der Waals surface area contributed by atoms with Crippen molar-refractivity contribution in [1.82, 2.24) is 0 Å². The molecule has 0 bridgehead atoms. The number of phenolic OH excluding ortho intramolecular Hbond substituents is 3. The van der Waals surface area contributed by atoms with Crippen LogP contribution in [0.5, 0.6) is 17.2 Å². The minimum atomic E-state index is -0.500. The lowest BCUT2D eigenvalue weighted by Crippen LogP contribution is -2.16. The number of fused-ring (bicyclic) bond motifs is 1. The molecule has 1 aromatic heterocycles. The number of hydrogen-bond donors (Lipinski definition) is 3. The zero-order chi connectivity index (χ0) is 19.3. The fourth-order valence-corrected chi connectivity index (χ4v) is 3.91. The van der Waals surface area contributed by atoms with Gasteiger partial charge >= 0.3 is 0 Å². The van der Waals surface area contributed by atoms with Crippen molar-refractivity contribution >= 4 is 75.2 Å². The average Bonchev–Trinajstić information content (AvgIpc) is 3.01. The van der Waals surface area contributed by atoms with Gasteiger partial charge in [-0.15, -0.1) is 0 Å². The molecule has 0 aliphatic carbocycles. The van der Waals surface area contributed by atoms with Gasteiger partial charge < -0.3 is 19.7 Å². The van der Waals surface area contributed by atoms with E-state index in [-0.39, 0.29) is 44.5 Å². The predicted molar refractivity (Wildman–Crippen MR) is 107 cm³/mol. The Morgan fingerprint density at radius 3 is 2.15 bits per heavy atom. The quantitative estimate of drug-likeness (QED) is 0.400. The highest BCUT2D eigenvalue weighted by Gasteiger charge is 2.27. The van der Waals surface area contributed by atoms with E-state index in [1.165, 1.54) is 12.1 Å². The van der Waals surface area contributed by atoms with E-state index in [1.54, 1.807) is 6.92 Å². The molecule has 3 N–H and O–H groups in total. The first-order valence-electron chi connectivity index (χ1n) is 7.45. The van der Waals surface area contributed by atoms with Crippen molar-refractivity contribution < 1.29 is 24.5 Å². The molecule has 0 aliphatic rings. The largest absolute Gasteiger partial charge is 0.509 e.